The van der Waals surface area contributed by atoms with Crippen molar-refractivity contribution < 1.29 is 14.6 Å². The summed E-state index contributed by atoms with van der Waals surface area (Å²) >= 11 is 0. The van der Waals surface area contributed by atoms with Gasteiger partial charge >= 0.3 is 5.97 Å². The predicted octanol–water partition coefficient (Wildman–Crippen LogP) is 3.72. The number of hydrogen-bond acceptors (Lipinski definition) is 2. The first-order valence-corrected chi connectivity index (χ1v) is 5.75. The van der Waals surface area contributed by atoms with Gasteiger partial charge in [-0.15, -0.1) is 0 Å². The lowest BCUT2D eigenvalue weighted by Gasteiger charge is -2.28. The summed E-state index contributed by atoms with van der Waals surface area (Å²) in [6.07, 6.45) is 1.87. The number of carboxylic acids is 1. The summed E-state index contributed by atoms with van der Waals surface area (Å²) in [6.45, 7) is 10.1. The lowest BCUT2D eigenvalue weighted by Crippen LogP contribution is -2.18. The van der Waals surface area contributed by atoms with Crippen LogP contribution in [-0.4, -0.2) is 11.1 Å². The summed E-state index contributed by atoms with van der Waals surface area (Å²) in [5.74, 6) is 0.552. The number of rotatable bonds is 1. The van der Waals surface area contributed by atoms with Crippen molar-refractivity contribution in [3.8, 4) is 5.75 Å². The van der Waals surface area contributed by atoms with Crippen LogP contribution in [0.3, 0.4) is 0 Å². The molecule has 0 aromatic heterocycles. The molecule has 1 heterocycles. The van der Waals surface area contributed by atoms with Crippen molar-refractivity contribution in [3.05, 3.63) is 47.7 Å². The van der Waals surface area contributed by atoms with E-state index < -0.39 is 5.97 Å². The van der Waals surface area contributed by atoms with Crippen molar-refractivity contribution in [3.63, 3.8) is 0 Å². The maximum absolute atomic E-state index is 10.9. The maximum atomic E-state index is 10.9. The van der Waals surface area contributed by atoms with E-state index in [1.54, 1.807) is 18.2 Å². The largest absolute Gasteiger partial charge is 0.478 e. The van der Waals surface area contributed by atoms with Crippen molar-refractivity contribution in [1.29, 1.82) is 0 Å². The van der Waals surface area contributed by atoms with E-state index in [1.807, 2.05) is 6.08 Å². The molecule has 1 aliphatic heterocycles. The van der Waals surface area contributed by atoms with Gasteiger partial charge in [-0.3, -0.25) is 0 Å². The van der Waals surface area contributed by atoms with Gasteiger partial charge in [0.05, 0.1) is 5.56 Å². The van der Waals surface area contributed by atoms with E-state index in [0.29, 0.717) is 5.75 Å². The van der Waals surface area contributed by atoms with E-state index in [2.05, 4.69) is 27.4 Å². The molecule has 1 aromatic carbocycles. The molecule has 1 aliphatic rings. The Morgan fingerprint density at radius 1 is 1.33 bits per heavy atom. The third-order valence-corrected chi connectivity index (χ3v) is 2.84. The Morgan fingerprint density at radius 2 is 2.00 bits per heavy atom. The van der Waals surface area contributed by atoms with Crippen LogP contribution in [0, 0.1) is 5.41 Å². The fourth-order valence-corrected chi connectivity index (χ4v) is 1.76. The van der Waals surface area contributed by atoms with Gasteiger partial charge in [-0.1, -0.05) is 27.4 Å². The Hall–Kier alpha value is -2.03. The highest BCUT2D eigenvalue weighted by molar-refractivity contribution is 5.91. The van der Waals surface area contributed by atoms with Crippen LogP contribution in [0.1, 0.15) is 36.7 Å². The van der Waals surface area contributed by atoms with Gasteiger partial charge in [-0.05, 0) is 29.8 Å². The zero-order valence-electron chi connectivity index (χ0n) is 10.8. The lowest BCUT2D eigenvalue weighted by molar-refractivity contribution is 0.0697. The molecule has 1 N–H and O–H groups in total. The second-order valence-electron chi connectivity index (χ2n) is 5.40. The fourth-order valence-electron chi connectivity index (χ4n) is 1.76. The SMILES string of the molecule is C=C1C=C(C(C)(C)C)Oc2ccc(C(=O)O)cc21. The first kappa shape index (κ1) is 12.4. The Kier molecular flexibility index (Phi) is 2.77. The van der Waals surface area contributed by atoms with Crippen LogP contribution in [0.15, 0.2) is 36.6 Å². The highest BCUT2D eigenvalue weighted by Gasteiger charge is 2.25. The number of aromatic carboxylic acids is 1. The molecule has 0 bridgehead atoms. The summed E-state index contributed by atoms with van der Waals surface area (Å²) in [6, 6.07) is 4.82. The summed E-state index contributed by atoms with van der Waals surface area (Å²) in [4.78, 5) is 10.9. The minimum Gasteiger partial charge on any atom is -0.478 e. The summed E-state index contributed by atoms with van der Waals surface area (Å²) < 4.78 is 5.81. The topological polar surface area (TPSA) is 46.5 Å². The molecule has 3 nitrogen and oxygen atoms in total. The first-order chi connectivity index (χ1) is 8.29. The van der Waals surface area contributed by atoms with Gasteiger partial charge in [0.15, 0.2) is 0 Å². The molecule has 0 radical (unpaired) electrons. The third kappa shape index (κ3) is 2.16. The maximum Gasteiger partial charge on any atom is 0.335 e. The highest BCUT2D eigenvalue weighted by atomic mass is 16.5. The second kappa shape index (κ2) is 4.02. The lowest BCUT2D eigenvalue weighted by atomic mass is 9.89. The zero-order chi connectivity index (χ0) is 13.5. The predicted molar refractivity (Wildman–Crippen MR) is 70.6 cm³/mol. The summed E-state index contributed by atoms with van der Waals surface area (Å²) in [7, 11) is 0. The molecule has 0 unspecified atom stereocenters. The monoisotopic (exact) mass is 244 g/mol. The van der Waals surface area contributed by atoms with Crippen molar-refractivity contribution in [2.45, 2.75) is 20.8 Å². The number of fused-ring (bicyclic) bond motifs is 1. The van der Waals surface area contributed by atoms with Gasteiger partial charge in [0.25, 0.3) is 0 Å². The quantitative estimate of drug-likeness (QED) is 0.819. The average Bonchev–Trinajstić information content (AvgIpc) is 2.27. The van der Waals surface area contributed by atoms with E-state index in [1.165, 1.54) is 0 Å². The highest BCUT2D eigenvalue weighted by Crippen LogP contribution is 2.39. The van der Waals surface area contributed by atoms with Gasteiger partial charge in [0.2, 0.25) is 0 Å². The minimum absolute atomic E-state index is 0.105. The fraction of sp³-hybridized carbons (Fsp3) is 0.267. The molecule has 0 fully saturated rings. The third-order valence-electron chi connectivity index (χ3n) is 2.84. The van der Waals surface area contributed by atoms with Crippen molar-refractivity contribution in [2.75, 3.05) is 0 Å². The molecule has 0 atom stereocenters. The molecular weight excluding hydrogens is 228 g/mol. The molecule has 2 rings (SSSR count). The normalized spacial score (nSPS) is 14.6. The molecule has 3 heteroatoms. The van der Waals surface area contributed by atoms with Crippen molar-refractivity contribution in [1.82, 2.24) is 0 Å². The van der Waals surface area contributed by atoms with Crippen molar-refractivity contribution in [2.24, 2.45) is 5.41 Å². The number of carboxylic acid groups (broad SMARTS) is 1. The zero-order valence-corrected chi connectivity index (χ0v) is 10.8. The number of benzene rings is 1. The van der Waals surface area contributed by atoms with Crippen LogP contribution in [0.25, 0.3) is 5.57 Å². The van der Waals surface area contributed by atoms with Gasteiger partial charge in [-0.25, -0.2) is 4.79 Å². The number of carbonyl (C=O) groups is 1. The average molecular weight is 244 g/mol. The standard InChI is InChI=1S/C15H16O3/c1-9-7-13(15(2,3)4)18-12-6-5-10(14(16)17)8-11(9)12/h5-8H,1H2,2-4H3,(H,16,17). The molecule has 0 saturated heterocycles. The van der Waals surface area contributed by atoms with Crippen LogP contribution in [0.2, 0.25) is 0 Å². The minimum atomic E-state index is -0.948. The van der Waals surface area contributed by atoms with Crippen LogP contribution in [0.4, 0.5) is 0 Å². The van der Waals surface area contributed by atoms with E-state index in [-0.39, 0.29) is 11.0 Å². The van der Waals surface area contributed by atoms with E-state index in [9.17, 15) is 4.79 Å². The van der Waals surface area contributed by atoms with Crippen LogP contribution >= 0.6 is 0 Å². The van der Waals surface area contributed by atoms with Crippen LogP contribution < -0.4 is 4.74 Å². The molecule has 18 heavy (non-hydrogen) atoms. The van der Waals surface area contributed by atoms with Gasteiger partial charge in [-0.2, -0.15) is 0 Å². The smallest absolute Gasteiger partial charge is 0.335 e. The molecule has 0 spiro atoms. The van der Waals surface area contributed by atoms with Crippen LogP contribution in [-0.2, 0) is 0 Å². The Morgan fingerprint density at radius 3 is 2.56 bits per heavy atom. The summed E-state index contributed by atoms with van der Waals surface area (Å²) in [5, 5.41) is 8.97. The Labute approximate surface area is 106 Å². The number of allylic oxidation sites excluding steroid dienone is 3. The number of hydrogen-bond donors (Lipinski definition) is 1. The Bertz CT molecular complexity index is 560. The van der Waals surface area contributed by atoms with Gasteiger partial charge < -0.3 is 9.84 Å². The molecule has 0 saturated carbocycles. The molecule has 0 aliphatic carbocycles. The first-order valence-electron chi connectivity index (χ1n) is 5.75. The molecular formula is C15H16O3. The van der Waals surface area contributed by atoms with E-state index in [0.717, 1.165) is 16.9 Å². The van der Waals surface area contributed by atoms with E-state index >= 15 is 0 Å². The number of ether oxygens (including phenoxy) is 1. The van der Waals surface area contributed by atoms with Crippen LogP contribution in [0.5, 0.6) is 5.75 Å². The second-order valence-corrected chi connectivity index (χ2v) is 5.40. The van der Waals surface area contributed by atoms with Gasteiger partial charge in [0.1, 0.15) is 11.5 Å². The van der Waals surface area contributed by atoms with E-state index in [4.69, 9.17) is 9.84 Å². The summed E-state index contributed by atoms with van der Waals surface area (Å²) in [5.41, 5.74) is 1.66. The van der Waals surface area contributed by atoms with Crippen molar-refractivity contribution >= 4 is 11.5 Å². The Balaban J connectivity index is 2.46. The molecule has 1 aromatic rings. The molecule has 0 amide bonds. The van der Waals surface area contributed by atoms with Gasteiger partial charge in [0, 0.05) is 11.0 Å². The molecule has 94 valence electrons.